The Labute approximate surface area is 128 Å². The summed E-state index contributed by atoms with van der Waals surface area (Å²) in [6.07, 6.45) is 0.546. The SMILES string of the molecule is Cc1nn(CCCO)c(C)c1S(=O)(=O)NCc1cccs1. The summed E-state index contributed by atoms with van der Waals surface area (Å²) in [6, 6.07) is 3.77. The van der Waals surface area contributed by atoms with Crippen molar-refractivity contribution >= 4 is 21.4 Å². The third-order valence-electron chi connectivity index (χ3n) is 3.13. The molecule has 0 atom stereocenters. The highest BCUT2D eigenvalue weighted by atomic mass is 32.2. The zero-order chi connectivity index (χ0) is 15.5. The highest BCUT2D eigenvalue weighted by Gasteiger charge is 2.24. The van der Waals surface area contributed by atoms with Crippen molar-refractivity contribution in [2.45, 2.75) is 38.3 Å². The van der Waals surface area contributed by atoms with Gasteiger partial charge in [0.1, 0.15) is 4.90 Å². The van der Waals surface area contributed by atoms with Crippen LogP contribution in [-0.4, -0.2) is 29.9 Å². The van der Waals surface area contributed by atoms with Crippen molar-refractivity contribution in [1.82, 2.24) is 14.5 Å². The fourth-order valence-electron chi connectivity index (χ4n) is 2.16. The number of thiophene rings is 1. The van der Waals surface area contributed by atoms with E-state index in [0.29, 0.717) is 24.4 Å². The molecule has 0 aliphatic heterocycles. The minimum Gasteiger partial charge on any atom is -0.396 e. The van der Waals surface area contributed by atoms with E-state index in [9.17, 15) is 8.42 Å². The third kappa shape index (κ3) is 3.70. The Morgan fingerprint density at radius 1 is 1.43 bits per heavy atom. The van der Waals surface area contributed by atoms with Gasteiger partial charge in [-0.25, -0.2) is 13.1 Å². The minimum atomic E-state index is -3.59. The first-order chi connectivity index (χ1) is 9.95. The first-order valence-corrected chi connectivity index (χ1v) is 8.99. The molecule has 21 heavy (non-hydrogen) atoms. The largest absolute Gasteiger partial charge is 0.396 e. The van der Waals surface area contributed by atoms with Crippen molar-refractivity contribution in [3.63, 3.8) is 0 Å². The molecule has 0 aromatic carbocycles. The zero-order valence-electron chi connectivity index (χ0n) is 12.0. The molecule has 0 amide bonds. The molecule has 6 nitrogen and oxygen atoms in total. The molecule has 0 aliphatic carbocycles. The van der Waals surface area contributed by atoms with Gasteiger partial charge in [-0.15, -0.1) is 11.3 Å². The molecule has 0 saturated carbocycles. The van der Waals surface area contributed by atoms with E-state index in [-0.39, 0.29) is 18.0 Å². The number of hydrogen-bond donors (Lipinski definition) is 2. The van der Waals surface area contributed by atoms with Gasteiger partial charge in [0.05, 0.1) is 11.4 Å². The first kappa shape index (κ1) is 16.2. The van der Waals surface area contributed by atoms with E-state index in [0.717, 1.165) is 4.88 Å². The van der Waals surface area contributed by atoms with Gasteiger partial charge in [0.15, 0.2) is 0 Å². The normalized spacial score (nSPS) is 12.0. The second-order valence-corrected chi connectivity index (χ2v) is 7.44. The van der Waals surface area contributed by atoms with Crippen LogP contribution in [0.5, 0.6) is 0 Å². The molecule has 0 bridgehead atoms. The van der Waals surface area contributed by atoms with Gasteiger partial charge in [0.25, 0.3) is 0 Å². The second kappa shape index (κ2) is 6.69. The van der Waals surface area contributed by atoms with Gasteiger partial charge in [-0.3, -0.25) is 4.68 Å². The molecule has 2 rings (SSSR count). The summed E-state index contributed by atoms with van der Waals surface area (Å²) in [5.74, 6) is 0. The van der Waals surface area contributed by atoms with Crippen LogP contribution in [0.4, 0.5) is 0 Å². The van der Waals surface area contributed by atoms with Crippen LogP contribution in [0.2, 0.25) is 0 Å². The predicted octanol–water partition coefficient (Wildman–Crippen LogP) is 1.42. The molecule has 0 fully saturated rings. The molecule has 2 aromatic heterocycles. The number of nitrogens with zero attached hydrogens (tertiary/aromatic N) is 2. The van der Waals surface area contributed by atoms with Crippen LogP contribution in [0.3, 0.4) is 0 Å². The Morgan fingerprint density at radius 3 is 2.81 bits per heavy atom. The molecule has 0 radical (unpaired) electrons. The number of hydrogen-bond acceptors (Lipinski definition) is 5. The van der Waals surface area contributed by atoms with Crippen LogP contribution in [0.15, 0.2) is 22.4 Å². The number of aliphatic hydroxyl groups is 1. The number of aliphatic hydroxyl groups excluding tert-OH is 1. The van der Waals surface area contributed by atoms with E-state index in [1.807, 2.05) is 17.5 Å². The van der Waals surface area contributed by atoms with Crippen molar-refractivity contribution in [3.8, 4) is 0 Å². The summed E-state index contributed by atoms with van der Waals surface area (Å²) in [7, 11) is -3.59. The Kier molecular flexibility index (Phi) is 5.15. The Bertz CT molecular complexity index is 691. The van der Waals surface area contributed by atoms with Crippen LogP contribution in [0, 0.1) is 13.8 Å². The van der Waals surface area contributed by atoms with Crippen LogP contribution in [0.25, 0.3) is 0 Å². The predicted molar refractivity (Wildman–Crippen MR) is 81.7 cm³/mol. The van der Waals surface area contributed by atoms with Crippen molar-refractivity contribution in [2.24, 2.45) is 0 Å². The average Bonchev–Trinajstić information content (AvgIpc) is 3.03. The number of aromatic nitrogens is 2. The monoisotopic (exact) mass is 329 g/mol. The fraction of sp³-hybridized carbons (Fsp3) is 0.462. The van der Waals surface area contributed by atoms with Crippen LogP contribution >= 0.6 is 11.3 Å². The van der Waals surface area contributed by atoms with E-state index >= 15 is 0 Å². The molecule has 0 unspecified atom stereocenters. The maximum atomic E-state index is 12.4. The molecule has 2 N–H and O–H groups in total. The lowest BCUT2D eigenvalue weighted by molar-refractivity contribution is 0.276. The number of sulfonamides is 1. The number of aryl methyl sites for hydroxylation is 2. The molecule has 0 saturated heterocycles. The highest BCUT2D eigenvalue weighted by molar-refractivity contribution is 7.89. The lowest BCUT2D eigenvalue weighted by atomic mass is 10.4. The Balaban J connectivity index is 2.21. The van der Waals surface area contributed by atoms with Gasteiger partial charge in [-0.05, 0) is 31.7 Å². The van der Waals surface area contributed by atoms with Gasteiger partial charge in [0.2, 0.25) is 10.0 Å². The maximum absolute atomic E-state index is 12.4. The summed E-state index contributed by atoms with van der Waals surface area (Å²) in [6.45, 7) is 4.25. The van der Waals surface area contributed by atoms with Gasteiger partial charge in [-0.2, -0.15) is 5.10 Å². The van der Waals surface area contributed by atoms with E-state index in [4.69, 9.17) is 5.11 Å². The fourth-order valence-corrected chi connectivity index (χ4v) is 4.31. The highest BCUT2D eigenvalue weighted by Crippen LogP contribution is 2.20. The molecule has 2 heterocycles. The standard InChI is InChI=1S/C13H19N3O3S2/c1-10-13(11(2)16(15-10)6-4-7-17)21(18,19)14-9-12-5-3-8-20-12/h3,5,8,14,17H,4,6-7,9H2,1-2H3. The molecule has 116 valence electrons. The molecule has 2 aromatic rings. The van der Waals surface area contributed by atoms with E-state index in [1.54, 1.807) is 18.5 Å². The number of nitrogens with one attached hydrogen (secondary N) is 1. The lowest BCUT2D eigenvalue weighted by Gasteiger charge is -2.07. The molecular weight excluding hydrogens is 310 g/mol. The Hall–Kier alpha value is -1.22. The van der Waals surface area contributed by atoms with E-state index < -0.39 is 10.0 Å². The smallest absolute Gasteiger partial charge is 0.244 e. The molecule has 0 aliphatic rings. The molecule has 8 heteroatoms. The average molecular weight is 329 g/mol. The van der Waals surface area contributed by atoms with Crippen LogP contribution in [-0.2, 0) is 23.1 Å². The lowest BCUT2D eigenvalue weighted by Crippen LogP contribution is -2.24. The van der Waals surface area contributed by atoms with Crippen molar-refractivity contribution in [2.75, 3.05) is 6.61 Å². The van der Waals surface area contributed by atoms with Crippen LogP contribution in [0.1, 0.15) is 22.7 Å². The van der Waals surface area contributed by atoms with Gasteiger partial charge >= 0.3 is 0 Å². The van der Waals surface area contributed by atoms with Crippen molar-refractivity contribution in [3.05, 3.63) is 33.8 Å². The first-order valence-electron chi connectivity index (χ1n) is 6.62. The minimum absolute atomic E-state index is 0.0526. The quantitative estimate of drug-likeness (QED) is 0.805. The maximum Gasteiger partial charge on any atom is 0.244 e. The van der Waals surface area contributed by atoms with Gasteiger partial charge in [-0.1, -0.05) is 6.07 Å². The Morgan fingerprint density at radius 2 is 2.19 bits per heavy atom. The summed E-state index contributed by atoms with van der Waals surface area (Å²) in [4.78, 5) is 1.19. The second-order valence-electron chi connectivity index (χ2n) is 4.70. The van der Waals surface area contributed by atoms with E-state index in [2.05, 4.69) is 9.82 Å². The molecule has 0 spiro atoms. The van der Waals surface area contributed by atoms with Crippen molar-refractivity contribution < 1.29 is 13.5 Å². The van der Waals surface area contributed by atoms with Crippen molar-refractivity contribution in [1.29, 1.82) is 0 Å². The number of rotatable bonds is 7. The van der Waals surface area contributed by atoms with Gasteiger partial charge < -0.3 is 5.11 Å². The third-order valence-corrected chi connectivity index (χ3v) is 5.66. The van der Waals surface area contributed by atoms with E-state index in [1.165, 1.54) is 11.3 Å². The summed E-state index contributed by atoms with van der Waals surface area (Å²) < 4.78 is 29.1. The summed E-state index contributed by atoms with van der Waals surface area (Å²) >= 11 is 1.51. The zero-order valence-corrected chi connectivity index (χ0v) is 13.7. The topological polar surface area (TPSA) is 84.2 Å². The molecular formula is C13H19N3O3S2. The summed E-state index contributed by atoms with van der Waals surface area (Å²) in [5.41, 5.74) is 1.07. The van der Waals surface area contributed by atoms with Crippen LogP contribution < -0.4 is 4.72 Å². The van der Waals surface area contributed by atoms with Gasteiger partial charge in [0, 0.05) is 24.6 Å². The summed E-state index contributed by atoms with van der Waals surface area (Å²) in [5, 5.41) is 15.0.